The molecule has 0 fully saturated rings. The van der Waals surface area contributed by atoms with E-state index in [9.17, 15) is 0 Å². The van der Waals surface area contributed by atoms with Gasteiger partial charge in [-0.3, -0.25) is 0 Å². The average Bonchev–Trinajstić information content (AvgIpc) is 2.37. The molecule has 2 aromatic rings. The Bertz CT molecular complexity index is 505. The minimum Gasteiger partial charge on any atom is -0.0921 e. The van der Waals surface area contributed by atoms with Crippen LogP contribution in [0.4, 0.5) is 0 Å². The van der Waals surface area contributed by atoms with Gasteiger partial charge in [0.1, 0.15) is 0 Å². The Morgan fingerprint density at radius 2 is 1.61 bits per heavy atom. The fourth-order valence-corrected chi connectivity index (χ4v) is 3.26. The maximum Gasteiger partial charge on any atom is 0.0177 e. The normalized spacial score (nSPS) is 12.4. The molecule has 0 radical (unpaired) electrons. The van der Waals surface area contributed by atoms with Crippen LogP contribution in [-0.4, -0.2) is 5.33 Å². The molecule has 0 saturated heterocycles. The van der Waals surface area contributed by atoms with Crippen molar-refractivity contribution in [1.29, 1.82) is 0 Å². The quantitative estimate of drug-likeness (QED) is 0.525. The van der Waals surface area contributed by atoms with Gasteiger partial charge in [0, 0.05) is 14.3 Å². The molecular formula is C15H13Br3. The Labute approximate surface area is 133 Å². The minimum absolute atomic E-state index is 0.507. The zero-order valence-electron chi connectivity index (χ0n) is 9.74. The Morgan fingerprint density at radius 3 is 2.22 bits per heavy atom. The minimum atomic E-state index is 0.507. The smallest absolute Gasteiger partial charge is 0.0177 e. The van der Waals surface area contributed by atoms with Crippen LogP contribution in [0.15, 0.2) is 57.5 Å². The van der Waals surface area contributed by atoms with Gasteiger partial charge in [0.2, 0.25) is 0 Å². The summed E-state index contributed by atoms with van der Waals surface area (Å²) in [7, 11) is 0. The second kappa shape index (κ2) is 6.88. The maximum absolute atomic E-state index is 3.62. The molecule has 18 heavy (non-hydrogen) atoms. The largest absolute Gasteiger partial charge is 0.0921 e. The van der Waals surface area contributed by atoms with E-state index in [2.05, 4.69) is 96.3 Å². The first-order chi connectivity index (χ1) is 8.69. The van der Waals surface area contributed by atoms with Crippen molar-refractivity contribution in [3.63, 3.8) is 0 Å². The second-order valence-electron chi connectivity index (χ2n) is 4.24. The molecule has 0 bridgehead atoms. The van der Waals surface area contributed by atoms with Gasteiger partial charge in [0.15, 0.2) is 0 Å². The number of rotatable bonds is 4. The van der Waals surface area contributed by atoms with Gasteiger partial charge in [-0.2, -0.15) is 0 Å². The highest BCUT2D eigenvalue weighted by Crippen LogP contribution is 2.25. The van der Waals surface area contributed by atoms with Gasteiger partial charge in [-0.25, -0.2) is 0 Å². The highest BCUT2D eigenvalue weighted by atomic mass is 79.9. The van der Waals surface area contributed by atoms with Crippen LogP contribution in [0.3, 0.4) is 0 Å². The molecule has 0 aliphatic rings. The summed E-state index contributed by atoms with van der Waals surface area (Å²) in [5.74, 6) is 0.507. The van der Waals surface area contributed by atoms with Crippen LogP contribution in [0.2, 0.25) is 0 Å². The molecule has 1 unspecified atom stereocenters. The Hall–Kier alpha value is -0.120. The first-order valence-corrected chi connectivity index (χ1v) is 8.45. The SMILES string of the molecule is BrCC(Cc1cccc(Br)c1)c1ccc(Br)cc1. The van der Waals surface area contributed by atoms with Crippen molar-refractivity contribution in [2.75, 3.05) is 5.33 Å². The maximum atomic E-state index is 3.62. The summed E-state index contributed by atoms with van der Waals surface area (Å²) in [5.41, 5.74) is 2.73. The van der Waals surface area contributed by atoms with Gasteiger partial charge < -0.3 is 0 Å². The van der Waals surface area contributed by atoms with E-state index in [-0.39, 0.29) is 0 Å². The molecule has 2 rings (SSSR count). The zero-order valence-corrected chi connectivity index (χ0v) is 14.5. The van der Waals surface area contributed by atoms with Crippen molar-refractivity contribution < 1.29 is 0 Å². The molecular weight excluding hydrogens is 420 g/mol. The third-order valence-electron chi connectivity index (χ3n) is 2.90. The molecule has 1 atom stereocenters. The number of benzene rings is 2. The van der Waals surface area contributed by atoms with Crippen molar-refractivity contribution in [2.24, 2.45) is 0 Å². The standard InChI is InChI=1S/C15H13Br3/c16-10-13(12-4-6-14(17)7-5-12)8-11-2-1-3-15(18)9-11/h1-7,9,13H,8,10H2. The predicted octanol–water partition coefficient (Wildman–Crippen LogP) is 5.93. The highest BCUT2D eigenvalue weighted by Gasteiger charge is 2.11. The summed E-state index contributed by atoms with van der Waals surface area (Å²) in [6.07, 6.45) is 1.05. The Kier molecular flexibility index (Phi) is 5.46. The summed E-state index contributed by atoms with van der Waals surface area (Å²) < 4.78 is 2.27. The summed E-state index contributed by atoms with van der Waals surface area (Å²) in [4.78, 5) is 0. The van der Waals surface area contributed by atoms with E-state index in [1.54, 1.807) is 0 Å². The monoisotopic (exact) mass is 430 g/mol. The summed E-state index contributed by atoms with van der Waals surface area (Å²) in [6, 6.07) is 17.1. The molecule has 0 spiro atoms. The lowest BCUT2D eigenvalue weighted by Gasteiger charge is -2.15. The molecule has 94 valence electrons. The third kappa shape index (κ3) is 3.94. The molecule has 0 saturated carbocycles. The van der Waals surface area contributed by atoms with Crippen molar-refractivity contribution in [3.05, 3.63) is 68.6 Å². The topological polar surface area (TPSA) is 0 Å². The Morgan fingerprint density at radius 1 is 0.889 bits per heavy atom. The fraction of sp³-hybridized carbons (Fsp3) is 0.200. The van der Waals surface area contributed by atoms with Gasteiger partial charge >= 0.3 is 0 Å². The zero-order chi connectivity index (χ0) is 13.0. The molecule has 0 aromatic heterocycles. The van der Waals surface area contributed by atoms with E-state index < -0.39 is 0 Å². The lowest BCUT2D eigenvalue weighted by atomic mass is 9.94. The number of halogens is 3. The van der Waals surface area contributed by atoms with E-state index in [1.165, 1.54) is 11.1 Å². The lowest BCUT2D eigenvalue weighted by molar-refractivity contribution is 0.775. The fourth-order valence-electron chi connectivity index (χ4n) is 1.94. The third-order valence-corrected chi connectivity index (χ3v) is 4.70. The van der Waals surface area contributed by atoms with Crippen LogP contribution in [0, 0.1) is 0 Å². The van der Waals surface area contributed by atoms with Crippen LogP contribution >= 0.6 is 47.8 Å². The number of alkyl halides is 1. The second-order valence-corrected chi connectivity index (χ2v) is 6.72. The molecule has 0 heterocycles. The highest BCUT2D eigenvalue weighted by molar-refractivity contribution is 9.10. The van der Waals surface area contributed by atoms with Gasteiger partial charge in [-0.1, -0.05) is 72.1 Å². The summed E-state index contributed by atoms with van der Waals surface area (Å²) >= 11 is 10.6. The van der Waals surface area contributed by atoms with E-state index in [4.69, 9.17) is 0 Å². The average molecular weight is 433 g/mol. The van der Waals surface area contributed by atoms with E-state index >= 15 is 0 Å². The summed E-state index contributed by atoms with van der Waals surface area (Å²) in [6.45, 7) is 0. The van der Waals surface area contributed by atoms with Gasteiger partial charge in [0.25, 0.3) is 0 Å². The van der Waals surface area contributed by atoms with Crippen LogP contribution in [0.5, 0.6) is 0 Å². The van der Waals surface area contributed by atoms with Crippen LogP contribution in [0.1, 0.15) is 17.0 Å². The van der Waals surface area contributed by atoms with Gasteiger partial charge in [-0.05, 0) is 47.7 Å². The van der Waals surface area contributed by atoms with Crippen LogP contribution in [-0.2, 0) is 6.42 Å². The predicted molar refractivity (Wildman–Crippen MR) is 88.5 cm³/mol. The Balaban J connectivity index is 2.17. The van der Waals surface area contributed by atoms with Crippen LogP contribution < -0.4 is 0 Å². The summed E-state index contributed by atoms with van der Waals surface area (Å²) in [5, 5.41) is 0.973. The van der Waals surface area contributed by atoms with E-state index in [1.807, 2.05) is 0 Å². The molecule has 0 amide bonds. The van der Waals surface area contributed by atoms with Crippen molar-refractivity contribution in [2.45, 2.75) is 12.3 Å². The molecule has 0 N–H and O–H groups in total. The molecule has 0 aliphatic carbocycles. The van der Waals surface area contributed by atoms with Gasteiger partial charge in [0.05, 0.1) is 0 Å². The van der Waals surface area contributed by atoms with Gasteiger partial charge in [-0.15, -0.1) is 0 Å². The van der Waals surface area contributed by atoms with E-state index in [0.717, 1.165) is 20.7 Å². The lowest BCUT2D eigenvalue weighted by Crippen LogP contribution is -2.04. The van der Waals surface area contributed by atoms with Crippen molar-refractivity contribution >= 4 is 47.8 Å². The van der Waals surface area contributed by atoms with Crippen LogP contribution in [0.25, 0.3) is 0 Å². The number of hydrogen-bond donors (Lipinski definition) is 0. The molecule has 0 aliphatic heterocycles. The van der Waals surface area contributed by atoms with Crippen molar-refractivity contribution in [3.8, 4) is 0 Å². The molecule has 0 nitrogen and oxygen atoms in total. The molecule has 3 heteroatoms. The molecule has 2 aromatic carbocycles. The van der Waals surface area contributed by atoms with E-state index in [0.29, 0.717) is 5.92 Å². The first-order valence-electron chi connectivity index (χ1n) is 5.75. The number of hydrogen-bond acceptors (Lipinski definition) is 0. The van der Waals surface area contributed by atoms with Crippen molar-refractivity contribution in [1.82, 2.24) is 0 Å². The first kappa shape index (κ1) is 14.3.